The largest absolute Gasteiger partial charge is 0.331 e. The van der Waals surface area contributed by atoms with Gasteiger partial charge in [0.05, 0.1) is 24.3 Å². The van der Waals surface area contributed by atoms with Crippen LogP contribution in [-0.4, -0.2) is 21.1 Å². The summed E-state index contributed by atoms with van der Waals surface area (Å²) in [5.74, 6) is 0. The highest BCUT2D eigenvalue weighted by atomic mass is 16.2. The molecule has 0 saturated heterocycles. The molecule has 0 aliphatic rings. The lowest BCUT2D eigenvalue weighted by atomic mass is 10.3. The first kappa shape index (κ1) is 10.6. The third-order valence-electron chi connectivity index (χ3n) is 2.12. The van der Waals surface area contributed by atoms with Crippen molar-refractivity contribution in [3.8, 4) is 0 Å². The van der Waals surface area contributed by atoms with Crippen LogP contribution in [0.1, 0.15) is 11.4 Å². The molecule has 0 spiro atoms. The third-order valence-corrected chi connectivity index (χ3v) is 2.12. The minimum absolute atomic E-state index is 0.215. The van der Waals surface area contributed by atoms with Crippen molar-refractivity contribution >= 4 is 6.08 Å². The molecule has 0 aliphatic heterocycles. The molecule has 0 N–H and O–H groups in total. The highest BCUT2D eigenvalue weighted by molar-refractivity contribution is 5.44. The summed E-state index contributed by atoms with van der Waals surface area (Å²) in [6, 6.07) is 5.77. The van der Waals surface area contributed by atoms with E-state index in [0.717, 1.165) is 11.4 Å². The van der Waals surface area contributed by atoms with Crippen molar-refractivity contribution in [2.45, 2.75) is 6.54 Å². The van der Waals surface area contributed by atoms with Crippen LogP contribution in [0.15, 0.2) is 43.0 Å². The molecular weight excluding hydrogens is 202 g/mol. The summed E-state index contributed by atoms with van der Waals surface area (Å²) in [4.78, 5) is 8.38. The second-order valence-corrected chi connectivity index (χ2v) is 3.36. The van der Waals surface area contributed by atoms with E-state index in [1.807, 2.05) is 29.0 Å². The molecule has 81 valence electrons. The smallest absolute Gasteiger partial charge is 0.101 e. The van der Waals surface area contributed by atoms with Gasteiger partial charge in [0.15, 0.2) is 0 Å². The maximum absolute atomic E-state index is 10.3. The summed E-state index contributed by atoms with van der Waals surface area (Å²) in [6.45, 7) is 0.479. The Hall–Kier alpha value is -1.94. The lowest BCUT2D eigenvalue weighted by Gasteiger charge is -2.02. The Bertz CT molecular complexity index is 463. The summed E-state index contributed by atoms with van der Waals surface area (Å²) in [5.41, 5.74) is 1.76. The molecule has 4 heteroatoms. The van der Waals surface area contributed by atoms with E-state index in [2.05, 4.69) is 9.97 Å². The molecule has 0 atom stereocenters. The Morgan fingerprint density at radius 1 is 1.38 bits per heavy atom. The Kier molecular flexibility index (Phi) is 3.46. The van der Waals surface area contributed by atoms with E-state index in [4.69, 9.17) is 0 Å². The van der Waals surface area contributed by atoms with Crippen LogP contribution < -0.4 is 0 Å². The Morgan fingerprint density at radius 2 is 2.31 bits per heavy atom. The van der Waals surface area contributed by atoms with E-state index in [1.54, 1.807) is 24.7 Å². The van der Waals surface area contributed by atoms with E-state index in [0.29, 0.717) is 6.54 Å². The van der Waals surface area contributed by atoms with Crippen molar-refractivity contribution < 1.29 is 5.11 Å². The molecule has 1 radical (unpaired) electrons. The van der Waals surface area contributed by atoms with Gasteiger partial charge in [-0.25, -0.2) is 10.1 Å². The molecule has 2 rings (SSSR count). The molecular formula is C12H12N3O. The number of nitrogens with zero attached hydrogens (tertiary/aromatic N) is 3. The van der Waals surface area contributed by atoms with Gasteiger partial charge in [-0.2, -0.15) is 0 Å². The SMILES string of the molecule is [O]CC=Cc1cccc(Cn2ccnc2)n1. The number of pyridine rings is 1. The van der Waals surface area contributed by atoms with Crippen molar-refractivity contribution in [2.24, 2.45) is 0 Å². The third kappa shape index (κ3) is 2.77. The Labute approximate surface area is 93.9 Å². The van der Waals surface area contributed by atoms with Crippen molar-refractivity contribution in [1.82, 2.24) is 14.5 Å². The fraction of sp³-hybridized carbons (Fsp3) is 0.167. The molecule has 0 fully saturated rings. The predicted octanol–water partition coefficient (Wildman–Crippen LogP) is 1.77. The lowest BCUT2D eigenvalue weighted by molar-refractivity contribution is 0.233. The van der Waals surface area contributed by atoms with E-state index >= 15 is 0 Å². The van der Waals surface area contributed by atoms with Crippen LogP contribution >= 0.6 is 0 Å². The number of hydrogen-bond acceptors (Lipinski definition) is 2. The normalized spacial score (nSPS) is 11.1. The van der Waals surface area contributed by atoms with Crippen LogP contribution in [0.3, 0.4) is 0 Å². The standard InChI is InChI=1S/C12H12N3O/c16-8-2-5-11-3-1-4-12(14-11)9-15-7-6-13-10-15/h1-7,10H,8-9H2. The van der Waals surface area contributed by atoms with Crippen molar-refractivity contribution in [1.29, 1.82) is 0 Å². The first-order chi connectivity index (χ1) is 7.88. The minimum atomic E-state index is -0.215. The van der Waals surface area contributed by atoms with E-state index in [9.17, 15) is 5.11 Å². The van der Waals surface area contributed by atoms with Crippen LogP contribution in [0.5, 0.6) is 0 Å². The first-order valence-electron chi connectivity index (χ1n) is 5.05. The maximum Gasteiger partial charge on any atom is 0.101 e. The number of rotatable bonds is 4. The molecule has 4 nitrogen and oxygen atoms in total. The number of imidazole rings is 1. The first-order valence-corrected chi connectivity index (χ1v) is 5.05. The lowest BCUT2D eigenvalue weighted by Crippen LogP contribution is -1.99. The zero-order valence-electron chi connectivity index (χ0n) is 8.78. The van der Waals surface area contributed by atoms with Gasteiger partial charge in [-0.3, -0.25) is 4.98 Å². The Balaban J connectivity index is 2.13. The zero-order chi connectivity index (χ0) is 11.2. The Morgan fingerprint density at radius 3 is 3.06 bits per heavy atom. The molecule has 2 heterocycles. The van der Waals surface area contributed by atoms with Gasteiger partial charge in [0, 0.05) is 12.4 Å². The molecule has 0 aromatic carbocycles. The highest BCUT2D eigenvalue weighted by Crippen LogP contribution is 2.03. The van der Waals surface area contributed by atoms with Gasteiger partial charge >= 0.3 is 0 Å². The summed E-state index contributed by atoms with van der Waals surface area (Å²) >= 11 is 0. The summed E-state index contributed by atoms with van der Waals surface area (Å²) in [5, 5.41) is 10.3. The zero-order valence-corrected chi connectivity index (χ0v) is 8.78. The quantitative estimate of drug-likeness (QED) is 0.778. The van der Waals surface area contributed by atoms with Crippen molar-refractivity contribution in [3.63, 3.8) is 0 Å². The topological polar surface area (TPSA) is 50.6 Å². The second kappa shape index (κ2) is 5.23. The van der Waals surface area contributed by atoms with Gasteiger partial charge in [-0.15, -0.1) is 0 Å². The number of aromatic nitrogens is 3. The van der Waals surface area contributed by atoms with Crippen molar-refractivity contribution in [3.05, 3.63) is 54.4 Å². The number of hydrogen-bond donors (Lipinski definition) is 0. The van der Waals surface area contributed by atoms with Crippen LogP contribution in [0.4, 0.5) is 0 Å². The fourth-order valence-corrected chi connectivity index (χ4v) is 1.42. The monoisotopic (exact) mass is 214 g/mol. The summed E-state index contributed by atoms with van der Waals surface area (Å²) in [7, 11) is 0. The average Bonchev–Trinajstić information content (AvgIpc) is 2.80. The van der Waals surface area contributed by atoms with E-state index < -0.39 is 0 Å². The molecule has 0 amide bonds. The average molecular weight is 214 g/mol. The van der Waals surface area contributed by atoms with E-state index in [1.165, 1.54) is 0 Å². The van der Waals surface area contributed by atoms with Crippen LogP contribution in [0.25, 0.3) is 6.08 Å². The predicted molar refractivity (Wildman–Crippen MR) is 60.2 cm³/mol. The minimum Gasteiger partial charge on any atom is -0.331 e. The molecule has 2 aromatic heterocycles. The van der Waals surface area contributed by atoms with Crippen LogP contribution in [0, 0.1) is 0 Å². The van der Waals surface area contributed by atoms with Gasteiger partial charge in [-0.1, -0.05) is 12.1 Å². The highest BCUT2D eigenvalue weighted by Gasteiger charge is 1.96. The molecule has 16 heavy (non-hydrogen) atoms. The van der Waals surface area contributed by atoms with Gasteiger partial charge in [0.25, 0.3) is 0 Å². The fourth-order valence-electron chi connectivity index (χ4n) is 1.42. The second-order valence-electron chi connectivity index (χ2n) is 3.36. The van der Waals surface area contributed by atoms with Crippen LogP contribution in [-0.2, 0) is 11.7 Å². The summed E-state index contributed by atoms with van der Waals surface area (Å²) < 4.78 is 1.95. The van der Waals surface area contributed by atoms with Gasteiger partial charge in [-0.05, 0) is 18.2 Å². The van der Waals surface area contributed by atoms with Gasteiger partial charge in [0.1, 0.15) is 6.61 Å². The van der Waals surface area contributed by atoms with Gasteiger partial charge < -0.3 is 4.57 Å². The molecule has 0 bridgehead atoms. The van der Waals surface area contributed by atoms with Gasteiger partial charge in [0.2, 0.25) is 0 Å². The molecule has 0 unspecified atom stereocenters. The summed E-state index contributed by atoms with van der Waals surface area (Å²) in [6.07, 6.45) is 8.68. The molecule has 2 aromatic rings. The molecule has 0 saturated carbocycles. The van der Waals surface area contributed by atoms with Crippen LogP contribution in [0.2, 0.25) is 0 Å². The van der Waals surface area contributed by atoms with Crippen molar-refractivity contribution in [2.75, 3.05) is 6.61 Å². The maximum atomic E-state index is 10.3. The van der Waals surface area contributed by atoms with E-state index in [-0.39, 0.29) is 6.61 Å². The molecule has 0 aliphatic carbocycles.